The second-order valence-electron chi connectivity index (χ2n) is 4.88. The number of rotatable bonds is 6. The van der Waals surface area contributed by atoms with Gasteiger partial charge in [0, 0.05) is 26.2 Å². The lowest BCUT2D eigenvalue weighted by Gasteiger charge is -2.14. The number of hydrogen-bond donors (Lipinski definition) is 1. The first-order chi connectivity index (χ1) is 11.3. The van der Waals surface area contributed by atoms with Crippen LogP contribution >= 0.6 is 0 Å². The Morgan fingerprint density at radius 2 is 2.04 bits per heavy atom. The van der Waals surface area contributed by atoms with Crippen molar-refractivity contribution in [1.82, 2.24) is 25.2 Å². The number of alkyl halides is 3. The molecule has 0 aliphatic heterocycles. The van der Waals surface area contributed by atoms with E-state index in [1.807, 2.05) is 18.7 Å². The summed E-state index contributed by atoms with van der Waals surface area (Å²) in [4.78, 5) is 18.0. The number of carbonyl (C=O) groups excluding carboxylic acids is 1. The van der Waals surface area contributed by atoms with Crippen molar-refractivity contribution < 1.29 is 22.5 Å². The van der Waals surface area contributed by atoms with Crippen LogP contribution < -0.4 is 10.2 Å². The van der Waals surface area contributed by atoms with Gasteiger partial charge < -0.3 is 14.7 Å². The molecule has 1 N–H and O–H groups in total. The first-order valence-electron chi connectivity index (χ1n) is 7.23. The standard InChI is InChI=1S/C13H17F3N6O2/c1-4-22(5-2)12-18-10(24-20-12)7-17-11(23)8-6-9(13(14,15)16)19-21(8)3/h6H,4-5,7H2,1-3H3,(H,17,23). The van der Waals surface area contributed by atoms with Crippen molar-refractivity contribution >= 4 is 11.9 Å². The smallest absolute Gasteiger partial charge is 0.342 e. The monoisotopic (exact) mass is 346 g/mol. The van der Waals surface area contributed by atoms with E-state index in [0.717, 1.165) is 4.68 Å². The van der Waals surface area contributed by atoms with Crippen LogP contribution in [0.5, 0.6) is 0 Å². The highest BCUT2D eigenvalue weighted by Gasteiger charge is 2.35. The molecular formula is C13H17F3N6O2. The van der Waals surface area contributed by atoms with Crippen LogP contribution in [0.2, 0.25) is 0 Å². The molecule has 0 radical (unpaired) electrons. The fourth-order valence-corrected chi connectivity index (χ4v) is 2.02. The average molecular weight is 346 g/mol. The van der Waals surface area contributed by atoms with Crippen LogP contribution in [-0.2, 0) is 19.8 Å². The zero-order valence-electron chi connectivity index (χ0n) is 13.4. The van der Waals surface area contributed by atoms with Crippen LogP contribution in [-0.4, -0.2) is 38.9 Å². The van der Waals surface area contributed by atoms with Crippen LogP contribution in [0.15, 0.2) is 10.6 Å². The molecule has 11 heteroatoms. The van der Waals surface area contributed by atoms with Gasteiger partial charge in [0.05, 0.1) is 6.54 Å². The molecular weight excluding hydrogens is 329 g/mol. The van der Waals surface area contributed by atoms with Crippen LogP contribution in [0.1, 0.15) is 35.9 Å². The highest BCUT2D eigenvalue weighted by Crippen LogP contribution is 2.28. The van der Waals surface area contributed by atoms with Crippen molar-refractivity contribution in [3.05, 3.63) is 23.3 Å². The second-order valence-corrected chi connectivity index (χ2v) is 4.88. The summed E-state index contributed by atoms with van der Waals surface area (Å²) < 4.78 is 43.7. The number of aryl methyl sites for hydroxylation is 1. The molecule has 8 nitrogen and oxygen atoms in total. The molecule has 0 saturated heterocycles. The Bertz CT molecular complexity index is 705. The third kappa shape index (κ3) is 3.84. The number of hydrogen-bond acceptors (Lipinski definition) is 6. The van der Waals surface area contributed by atoms with Gasteiger partial charge in [0.1, 0.15) is 5.69 Å². The lowest BCUT2D eigenvalue weighted by Crippen LogP contribution is -2.25. The average Bonchev–Trinajstić information content (AvgIpc) is 3.13. The summed E-state index contributed by atoms with van der Waals surface area (Å²) in [5.41, 5.74) is -1.34. The molecule has 0 bridgehead atoms. The fraction of sp³-hybridized carbons (Fsp3) is 0.538. The molecule has 132 valence electrons. The normalized spacial score (nSPS) is 11.6. The third-order valence-corrected chi connectivity index (χ3v) is 3.31. The summed E-state index contributed by atoms with van der Waals surface area (Å²) in [6, 6.07) is 0.685. The SMILES string of the molecule is CCN(CC)c1noc(CNC(=O)c2cc(C(F)(F)F)nn2C)n1. The van der Waals surface area contributed by atoms with Gasteiger partial charge in [-0.1, -0.05) is 0 Å². The highest BCUT2D eigenvalue weighted by atomic mass is 19.4. The Hall–Kier alpha value is -2.59. The summed E-state index contributed by atoms with van der Waals surface area (Å²) in [6.45, 7) is 5.15. The molecule has 24 heavy (non-hydrogen) atoms. The summed E-state index contributed by atoms with van der Waals surface area (Å²) in [5.74, 6) is -0.171. The summed E-state index contributed by atoms with van der Waals surface area (Å²) in [7, 11) is 1.26. The maximum absolute atomic E-state index is 12.6. The van der Waals surface area contributed by atoms with E-state index in [0.29, 0.717) is 25.1 Å². The molecule has 2 aromatic heterocycles. The minimum absolute atomic E-state index is 0.0976. The topological polar surface area (TPSA) is 89.1 Å². The Balaban J connectivity index is 2.02. The zero-order valence-corrected chi connectivity index (χ0v) is 13.4. The third-order valence-electron chi connectivity index (χ3n) is 3.31. The van der Waals surface area contributed by atoms with Crippen LogP contribution in [0.3, 0.4) is 0 Å². The quantitative estimate of drug-likeness (QED) is 0.855. The van der Waals surface area contributed by atoms with E-state index in [1.54, 1.807) is 0 Å². The molecule has 0 aliphatic rings. The summed E-state index contributed by atoms with van der Waals surface area (Å²) in [5, 5.41) is 9.49. The lowest BCUT2D eigenvalue weighted by molar-refractivity contribution is -0.141. The van der Waals surface area contributed by atoms with E-state index in [2.05, 4.69) is 20.6 Å². The molecule has 0 unspecified atom stereocenters. The van der Waals surface area contributed by atoms with Gasteiger partial charge in [0.15, 0.2) is 5.69 Å². The zero-order chi connectivity index (χ0) is 17.9. The molecule has 0 saturated carbocycles. The minimum atomic E-state index is -4.61. The number of halogens is 3. The Morgan fingerprint density at radius 3 is 2.58 bits per heavy atom. The Morgan fingerprint density at radius 1 is 1.38 bits per heavy atom. The van der Waals surface area contributed by atoms with Crippen LogP contribution in [0, 0.1) is 0 Å². The van der Waals surface area contributed by atoms with Gasteiger partial charge in [-0.25, -0.2) is 0 Å². The van der Waals surface area contributed by atoms with Gasteiger partial charge in [-0.3, -0.25) is 9.48 Å². The van der Waals surface area contributed by atoms with E-state index >= 15 is 0 Å². The Kier molecular flexibility index (Phi) is 5.10. The molecule has 0 aliphatic carbocycles. The largest absolute Gasteiger partial charge is 0.435 e. The van der Waals surface area contributed by atoms with Crippen molar-refractivity contribution in [2.75, 3.05) is 18.0 Å². The van der Waals surface area contributed by atoms with Gasteiger partial charge in [-0.05, 0) is 19.0 Å². The molecule has 1 amide bonds. The molecule has 0 atom stereocenters. The number of nitrogens with one attached hydrogen (secondary N) is 1. The number of aromatic nitrogens is 4. The van der Waals surface area contributed by atoms with Crippen LogP contribution in [0.4, 0.5) is 19.1 Å². The van der Waals surface area contributed by atoms with E-state index in [1.165, 1.54) is 7.05 Å². The van der Waals surface area contributed by atoms with E-state index in [-0.39, 0.29) is 18.1 Å². The first-order valence-corrected chi connectivity index (χ1v) is 7.23. The van der Waals surface area contributed by atoms with Crippen molar-refractivity contribution in [3.63, 3.8) is 0 Å². The maximum Gasteiger partial charge on any atom is 0.435 e. The summed E-state index contributed by atoms with van der Waals surface area (Å²) >= 11 is 0. The lowest BCUT2D eigenvalue weighted by atomic mass is 10.3. The molecule has 2 rings (SSSR count). The Labute approximate surface area is 135 Å². The van der Waals surface area contributed by atoms with Crippen molar-refractivity contribution in [2.24, 2.45) is 7.05 Å². The van der Waals surface area contributed by atoms with Crippen molar-refractivity contribution in [2.45, 2.75) is 26.6 Å². The molecule has 2 heterocycles. The van der Waals surface area contributed by atoms with Crippen LogP contribution in [0.25, 0.3) is 0 Å². The first kappa shape index (κ1) is 17.8. The van der Waals surface area contributed by atoms with Gasteiger partial charge >= 0.3 is 6.18 Å². The van der Waals surface area contributed by atoms with Crippen molar-refractivity contribution in [1.29, 1.82) is 0 Å². The fourth-order valence-electron chi connectivity index (χ4n) is 2.02. The van der Waals surface area contributed by atoms with Gasteiger partial charge in [0.25, 0.3) is 11.9 Å². The number of anilines is 1. The number of nitrogens with zero attached hydrogens (tertiary/aromatic N) is 5. The molecule has 0 aromatic carbocycles. The number of amides is 1. The van der Waals surface area contributed by atoms with Gasteiger partial charge in [-0.2, -0.15) is 23.3 Å². The van der Waals surface area contributed by atoms with E-state index in [4.69, 9.17) is 4.52 Å². The predicted octanol–water partition coefficient (Wildman–Crippen LogP) is 1.60. The molecule has 2 aromatic rings. The second kappa shape index (κ2) is 6.89. The van der Waals surface area contributed by atoms with E-state index < -0.39 is 17.8 Å². The highest BCUT2D eigenvalue weighted by molar-refractivity contribution is 5.92. The maximum atomic E-state index is 12.6. The summed E-state index contributed by atoms with van der Waals surface area (Å²) in [6.07, 6.45) is -4.61. The van der Waals surface area contributed by atoms with Gasteiger partial charge in [-0.15, -0.1) is 0 Å². The van der Waals surface area contributed by atoms with Crippen molar-refractivity contribution in [3.8, 4) is 0 Å². The minimum Gasteiger partial charge on any atom is -0.342 e. The van der Waals surface area contributed by atoms with E-state index in [9.17, 15) is 18.0 Å². The molecule has 0 spiro atoms. The number of carbonyl (C=O) groups is 1. The molecule has 0 fully saturated rings. The van der Waals surface area contributed by atoms with Gasteiger partial charge in [0.2, 0.25) is 5.89 Å². The predicted molar refractivity (Wildman–Crippen MR) is 77.2 cm³/mol.